The first-order valence-corrected chi connectivity index (χ1v) is 6.26. The van der Waals surface area contributed by atoms with E-state index in [1.165, 1.54) is 0 Å². The molecule has 0 bridgehead atoms. The highest BCUT2D eigenvalue weighted by Gasteiger charge is 2.04. The van der Waals surface area contributed by atoms with Crippen LogP contribution in [0.2, 0.25) is 0 Å². The molecule has 2 rings (SSSR count). The van der Waals surface area contributed by atoms with E-state index >= 15 is 0 Å². The first kappa shape index (κ1) is 13.1. The Kier molecular flexibility index (Phi) is 4.51. The SMILES string of the molecule is CN(C=O)C/C(=C/c1ccccc1)c1ccccc1. The van der Waals surface area contributed by atoms with Crippen LogP contribution < -0.4 is 0 Å². The van der Waals surface area contributed by atoms with Gasteiger partial charge in [0.15, 0.2) is 0 Å². The van der Waals surface area contributed by atoms with Gasteiger partial charge in [-0.2, -0.15) is 0 Å². The molecule has 1 amide bonds. The molecule has 0 heterocycles. The maximum absolute atomic E-state index is 10.8. The number of benzene rings is 2. The van der Waals surface area contributed by atoms with Crippen molar-refractivity contribution in [2.75, 3.05) is 13.6 Å². The Morgan fingerprint density at radius 3 is 2.16 bits per heavy atom. The number of carbonyl (C=O) groups is 1. The van der Waals surface area contributed by atoms with E-state index in [1.807, 2.05) is 36.4 Å². The van der Waals surface area contributed by atoms with Crippen molar-refractivity contribution in [3.8, 4) is 0 Å². The minimum absolute atomic E-state index is 0.600. The molecule has 96 valence electrons. The Hall–Kier alpha value is -2.35. The van der Waals surface area contributed by atoms with E-state index in [1.54, 1.807) is 11.9 Å². The number of amides is 1. The maximum Gasteiger partial charge on any atom is 0.209 e. The normalized spacial score (nSPS) is 11.1. The number of carbonyl (C=O) groups excluding carboxylic acids is 1. The van der Waals surface area contributed by atoms with Gasteiger partial charge < -0.3 is 4.90 Å². The minimum atomic E-state index is 0.600. The van der Waals surface area contributed by atoms with Gasteiger partial charge in [0.05, 0.1) is 0 Å². The van der Waals surface area contributed by atoms with Crippen LogP contribution in [0, 0.1) is 0 Å². The Morgan fingerprint density at radius 1 is 1.00 bits per heavy atom. The highest BCUT2D eigenvalue weighted by Crippen LogP contribution is 2.18. The molecule has 2 heteroatoms. The molecule has 0 fully saturated rings. The Labute approximate surface area is 114 Å². The standard InChI is InChI=1S/C17H17NO/c1-18(14-19)13-17(16-10-6-3-7-11-16)12-15-8-4-2-5-9-15/h2-12,14H,13H2,1H3/b17-12-. The molecular formula is C17H17NO. The largest absolute Gasteiger partial charge is 0.344 e. The van der Waals surface area contributed by atoms with Crippen molar-refractivity contribution in [1.82, 2.24) is 4.90 Å². The zero-order chi connectivity index (χ0) is 13.5. The third-order valence-electron chi connectivity index (χ3n) is 2.88. The Bertz CT molecular complexity index is 546. The number of hydrogen-bond acceptors (Lipinski definition) is 1. The summed E-state index contributed by atoms with van der Waals surface area (Å²) in [6.45, 7) is 0.600. The topological polar surface area (TPSA) is 20.3 Å². The van der Waals surface area contributed by atoms with Gasteiger partial charge in [0.2, 0.25) is 6.41 Å². The lowest BCUT2D eigenvalue weighted by Crippen LogP contribution is -2.18. The highest BCUT2D eigenvalue weighted by molar-refractivity contribution is 5.83. The van der Waals surface area contributed by atoms with Crippen molar-refractivity contribution in [2.45, 2.75) is 0 Å². The van der Waals surface area contributed by atoms with Crippen molar-refractivity contribution in [1.29, 1.82) is 0 Å². The van der Waals surface area contributed by atoms with Gasteiger partial charge in [0.25, 0.3) is 0 Å². The third-order valence-corrected chi connectivity index (χ3v) is 2.88. The number of hydrogen-bond donors (Lipinski definition) is 0. The molecule has 2 aromatic rings. The molecule has 0 aromatic heterocycles. The average molecular weight is 251 g/mol. The molecule has 0 saturated carbocycles. The van der Waals surface area contributed by atoms with E-state index in [4.69, 9.17) is 0 Å². The molecule has 0 atom stereocenters. The smallest absolute Gasteiger partial charge is 0.209 e. The first-order valence-electron chi connectivity index (χ1n) is 6.26. The maximum atomic E-state index is 10.8. The lowest BCUT2D eigenvalue weighted by molar-refractivity contribution is -0.116. The first-order chi connectivity index (χ1) is 9.29. The van der Waals surface area contributed by atoms with Crippen molar-refractivity contribution in [3.63, 3.8) is 0 Å². The van der Waals surface area contributed by atoms with Gasteiger partial charge in [-0.1, -0.05) is 60.7 Å². The van der Waals surface area contributed by atoms with Crippen LogP contribution in [0.4, 0.5) is 0 Å². The van der Waals surface area contributed by atoms with Crippen LogP contribution in [0.15, 0.2) is 60.7 Å². The molecule has 0 saturated heterocycles. The lowest BCUT2D eigenvalue weighted by atomic mass is 10.0. The number of nitrogens with zero attached hydrogens (tertiary/aromatic N) is 1. The molecule has 0 aliphatic carbocycles. The Morgan fingerprint density at radius 2 is 1.58 bits per heavy atom. The van der Waals surface area contributed by atoms with Gasteiger partial charge in [-0.3, -0.25) is 4.79 Å². The molecule has 2 aromatic carbocycles. The predicted octanol–water partition coefficient (Wildman–Crippen LogP) is 3.32. The number of likely N-dealkylation sites (N-methyl/N-ethyl adjacent to an activating group) is 1. The third kappa shape index (κ3) is 3.81. The summed E-state index contributed by atoms with van der Waals surface area (Å²) in [7, 11) is 1.79. The van der Waals surface area contributed by atoms with Crippen molar-refractivity contribution < 1.29 is 4.79 Å². The molecule has 0 aliphatic heterocycles. The molecular weight excluding hydrogens is 234 g/mol. The molecule has 0 spiro atoms. The average Bonchev–Trinajstić information content (AvgIpc) is 2.48. The summed E-state index contributed by atoms with van der Waals surface area (Å²) in [6, 6.07) is 20.3. The van der Waals surface area contributed by atoms with E-state index in [0.29, 0.717) is 6.54 Å². The van der Waals surface area contributed by atoms with Crippen LogP contribution in [0.25, 0.3) is 11.6 Å². The van der Waals surface area contributed by atoms with Crippen LogP contribution >= 0.6 is 0 Å². The zero-order valence-corrected chi connectivity index (χ0v) is 11.0. The van der Waals surface area contributed by atoms with Crippen LogP contribution in [0.5, 0.6) is 0 Å². The quantitative estimate of drug-likeness (QED) is 0.589. The summed E-state index contributed by atoms with van der Waals surface area (Å²) in [5.41, 5.74) is 3.40. The number of rotatable bonds is 5. The second-order valence-electron chi connectivity index (χ2n) is 4.47. The van der Waals surface area contributed by atoms with E-state index in [2.05, 4.69) is 30.3 Å². The van der Waals surface area contributed by atoms with Crippen molar-refractivity contribution in [3.05, 3.63) is 71.8 Å². The van der Waals surface area contributed by atoms with Gasteiger partial charge in [0.1, 0.15) is 0 Å². The monoisotopic (exact) mass is 251 g/mol. The Balaban J connectivity index is 2.34. The van der Waals surface area contributed by atoms with Gasteiger partial charge in [-0.05, 0) is 22.8 Å². The zero-order valence-electron chi connectivity index (χ0n) is 11.0. The summed E-state index contributed by atoms with van der Waals surface area (Å²) in [4.78, 5) is 12.5. The van der Waals surface area contributed by atoms with Crippen LogP contribution in [0.3, 0.4) is 0 Å². The second-order valence-corrected chi connectivity index (χ2v) is 4.47. The summed E-state index contributed by atoms with van der Waals surface area (Å²) in [5, 5.41) is 0. The van der Waals surface area contributed by atoms with Crippen molar-refractivity contribution >= 4 is 18.1 Å². The fraction of sp³-hybridized carbons (Fsp3) is 0.118. The summed E-state index contributed by atoms with van der Waals surface area (Å²) in [5.74, 6) is 0. The summed E-state index contributed by atoms with van der Waals surface area (Å²) >= 11 is 0. The molecule has 0 N–H and O–H groups in total. The van der Waals surface area contributed by atoms with Crippen LogP contribution in [-0.4, -0.2) is 24.9 Å². The fourth-order valence-corrected chi connectivity index (χ4v) is 1.93. The minimum Gasteiger partial charge on any atom is -0.344 e. The molecule has 19 heavy (non-hydrogen) atoms. The second kappa shape index (κ2) is 6.55. The molecule has 0 unspecified atom stereocenters. The molecule has 2 nitrogen and oxygen atoms in total. The summed E-state index contributed by atoms with van der Waals surface area (Å²) < 4.78 is 0. The highest BCUT2D eigenvalue weighted by atomic mass is 16.1. The lowest BCUT2D eigenvalue weighted by Gasteiger charge is -2.14. The van der Waals surface area contributed by atoms with Crippen LogP contribution in [0.1, 0.15) is 11.1 Å². The van der Waals surface area contributed by atoms with Gasteiger partial charge >= 0.3 is 0 Å². The predicted molar refractivity (Wildman–Crippen MR) is 79.4 cm³/mol. The molecule has 0 radical (unpaired) electrons. The van der Waals surface area contributed by atoms with Crippen LogP contribution in [-0.2, 0) is 4.79 Å². The van der Waals surface area contributed by atoms with E-state index < -0.39 is 0 Å². The van der Waals surface area contributed by atoms with Gasteiger partial charge in [-0.25, -0.2) is 0 Å². The van der Waals surface area contributed by atoms with Gasteiger partial charge in [-0.15, -0.1) is 0 Å². The molecule has 0 aliphatic rings. The summed E-state index contributed by atoms with van der Waals surface area (Å²) in [6.07, 6.45) is 2.97. The van der Waals surface area contributed by atoms with E-state index in [0.717, 1.165) is 23.1 Å². The fourth-order valence-electron chi connectivity index (χ4n) is 1.93. The van der Waals surface area contributed by atoms with E-state index in [9.17, 15) is 4.79 Å². The van der Waals surface area contributed by atoms with E-state index in [-0.39, 0.29) is 0 Å². The van der Waals surface area contributed by atoms with Crippen molar-refractivity contribution in [2.24, 2.45) is 0 Å². The van der Waals surface area contributed by atoms with Gasteiger partial charge in [0, 0.05) is 13.6 Å².